The minimum Gasteiger partial charge on any atom is -0.508 e. The molecular weight excluding hydrogens is 558 g/mol. The van der Waals surface area contributed by atoms with E-state index >= 15 is 0 Å². The van der Waals surface area contributed by atoms with Crippen LogP contribution in [0.1, 0.15) is 83.8 Å². The Hall–Kier alpha value is -3.88. The van der Waals surface area contributed by atoms with Gasteiger partial charge in [-0.25, -0.2) is 4.79 Å². The average Bonchev–Trinajstić information content (AvgIpc) is 3.01. The number of ether oxygens (including phenoxy) is 1. The van der Waals surface area contributed by atoms with Gasteiger partial charge in [0.05, 0.1) is 6.42 Å². The maximum absolute atomic E-state index is 13.8. The summed E-state index contributed by atoms with van der Waals surface area (Å²) in [6.07, 6.45) is 5.12. The molecule has 0 spiro atoms. The first kappa shape index (κ1) is 34.6. The smallest absolute Gasteiger partial charge is 0.329 e. The molecule has 3 rings (SSSR count). The van der Waals surface area contributed by atoms with Gasteiger partial charge in [0.2, 0.25) is 17.7 Å². The second-order valence-corrected chi connectivity index (χ2v) is 12.1. The van der Waals surface area contributed by atoms with Gasteiger partial charge in [-0.2, -0.15) is 0 Å². The molecule has 2 aromatic carbocycles. The fourth-order valence-electron chi connectivity index (χ4n) is 5.43. The van der Waals surface area contributed by atoms with Crippen LogP contribution >= 0.6 is 0 Å². The number of carbonyl (C=O) groups is 4. The summed E-state index contributed by atoms with van der Waals surface area (Å²) in [6, 6.07) is 12.8. The highest BCUT2D eigenvalue weighted by Crippen LogP contribution is 2.22. The summed E-state index contributed by atoms with van der Waals surface area (Å²) >= 11 is 0. The summed E-state index contributed by atoms with van der Waals surface area (Å²) in [7, 11) is 0. The Morgan fingerprint density at radius 2 is 1.39 bits per heavy atom. The van der Waals surface area contributed by atoms with Crippen molar-refractivity contribution in [3.05, 3.63) is 65.7 Å². The third-order valence-corrected chi connectivity index (χ3v) is 8.51. The van der Waals surface area contributed by atoms with Crippen LogP contribution in [0.15, 0.2) is 54.6 Å². The van der Waals surface area contributed by atoms with Crippen molar-refractivity contribution in [3.63, 3.8) is 0 Å². The number of phenols is 1. The minimum absolute atomic E-state index is 0.0882. The van der Waals surface area contributed by atoms with E-state index in [9.17, 15) is 24.3 Å². The van der Waals surface area contributed by atoms with Crippen LogP contribution in [0.25, 0.3) is 0 Å². The second kappa shape index (κ2) is 17.4. The van der Waals surface area contributed by atoms with E-state index in [1.54, 1.807) is 12.1 Å². The number of aromatic hydroxyl groups is 1. The monoisotopic (exact) mass is 607 g/mol. The van der Waals surface area contributed by atoms with Crippen molar-refractivity contribution in [1.82, 2.24) is 16.0 Å². The van der Waals surface area contributed by atoms with Gasteiger partial charge in [0.1, 0.15) is 30.0 Å². The number of amides is 3. The molecule has 1 heterocycles. The molecule has 2 aromatic rings. The van der Waals surface area contributed by atoms with Gasteiger partial charge in [0.15, 0.2) is 0 Å². The molecule has 1 aliphatic heterocycles. The van der Waals surface area contributed by atoms with Crippen molar-refractivity contribution >= 4 is 23.7 Å². The van der Waals surface area contributed by atoms with E-state index in [1.807, 2.05) is 51.1 Å². The number of nitrogens with one attached hydrogen (secondary N) is 3. The number of cyclic esters (lactones) is 1. The first-order valence-electron chi connectivity index (χ1n) is 16.0. The van der Waals surface area contributed by atoms with Gasteiger partial charge in [-0.05, 0) is 41.5 Å². The third kappa shape index (κ3) is 10.7. The summed E-state index contributed by atoms with van der Waals surface area (Å²) in [5.74, 6) is -2.25. The van der Waals surface area contributed by atoms with Crippen molar-refractivity contribution < 1.29 is 29.0 Å². The van der Waals surface area contributed by atoms with Gasteiger partial charge in [0.25, 0.3) is 0 Å². The minimum atomic E-state index is -1.00. The Balaban J connectivity index is 1.97. The molecule has 0 bridgehead atoms. The van der Waals surface area contributed by atoms with Crippen LogP contribution in [0.4, 0.5) is 0 Å². The van der Waals surface area contributed by atoms with Gasteiger partial charge in [-0.1, -0.05) is 102 Å². The normalized spacial score (nSPS) is 23.1. The lowest BCUT2D eigenvalue weighted by Crippen LogP contribution is -2.57. The molecule has 44 heavy (non-hydrogen) atoms. The highest BCUT2D eigenvalue weighted by molar-refractivity contribution is 5.94. The Morgan fingerprint density at radius 3 is 2.02 bits per heavy atom. The van der Waals surface area contributed by atoms with Crippen molar-refractivity contribution in [2.75, 3.05) is 0 Å². The Bertz CT molecular complexity index is 1220. The quantitative estimate of drug-likeness (QED) is 0.206. The van der Waals surface area contributed by atoms with E-state index in [1.165, 1.54) is 12.1 Å². The maximum Gasteiger partial charge on any atom is 0.329 e. The molecule has 1 fully saturated rings. The topological polar surface area (TPSA) is 134 Å². The number of hydrogen-bond donors (Lipinski definition) is 4. The molecule has 0 aliphatic carbocycles. The lowest BCUT2D eigenvalue weighted by atomic mass is 9.93. The summed E-state index contributed by atoms with van der Waals surface area (Å²) in [6.45, 7) is 7.92. The lowest BCUT2D eigenvalue weighted by Gasteiger charge is -2.29. The van der Waals surface area contributed by atoms with E-state index in [2.05, 4.69) is 22.9 Å². The highest BCUT2D eigenvalue weighted by atomic mass is 16.5. The molecule has 1 aliphatic rings. The Labute approximate surface area is 261 Å². The fourth-order valence-corrected chi connectivity index (χ4v) is 5.43. The van der Waals surface area contributed by atoms with Crippen molar-refractivity contribution in [3.8, 4) is 5.75 Å². The molecular formula is C35H49N3O6. The summed E-state index contributed by atoms with van der Waals surface area (Å²) in [5, 5.41) is 18.3. The molecule has 0 radical (unpaired) electrons. The maximum atomic E-state index is 13.8. The second-order valence-electron chi connectivity index (χ2n) is 12.1. The predicted molar refractivity (Wildman–Crippen MR) is 170 cm³/mol. The number of hydrogen-bond acceptors (Lipinski definition) is 6. The largest absolute Gasteiger partial charge is 0.508 e. The summed E-state index contributed by atoms with van der Waals surface area (Å²) in [5.41, 5.74) is 1.55. The molecule has 9 nitrogen and oxygen atoms in total. The molecule has 9 heteroatoms. The van der Waals surface area contributed by atoms with Crippen molar-refractivity contribution in [1.29, 1.82) is 0 Å². The molecule has 6 atom stereocenters. The molecule has 0 unspecified atom stereocenters. The molecule has 0 saturated carbocycles. The number of phenolic OH excluding ortho intramolecular Hbond substituents is 1. The zero-order valence-corrected chi connectivity index (χ0v) is 26.5. The van der Waals surface area contributed by atoms with Crippen LogP contribution in [0.5, 0.6) is 5.75 Å². The third-order valence-electron chi connectivity index (χ3n) is 8.51. The van der Waals surface area contributed by atoms with Gasteiger partial charge < -0.3 is 25.8 Å². The number of benzene rings is 2. The van der Waals surface area contributed by atoms with Crippen LogP contribution in [0.3, 0.4) is 0 Å². The average molecular weight is 608 g/mol. The first-order valence-corrected chi connectivity index (χ1v) is 16.0. The Morgan fingerprint density at radius 1 is 0.773 bits per heavy atom. The first-order chi connectivity index (χ1) is 21.1. The molecule has 4 N–H and O–H groups in total. The molecule has 240 valence electrons. The van der Waals surface area contributed by atoms with Crippen LogP contribution in [0.2, 0.25) is 0 Å². The van der Waals surface area contributed by atoms with Gasteiger partial charge in [-0.3, -0.25) is 14.4 Å². The fraction of sp³-hybridized carbons (Fsp3) is 0.543. The standard InChI is InChI=1S/C35H49N3O6/c1-5-7-8-10-13-24(4)30-22-31(40)36-28(21-26-16-18-27(39)19-17-26)33(41)37-29(20-25-14-11-9-12-15-25)34(42)38-32(23(3)6-2)35(43)44-30/h9,11-12,14-19,23-24,28-30,32,39H,5-8,10,13,20-22H2,1-4H3,(H,36,40)(H,37,41)(H,38,42)/t23-,24-,28-,29-,30-,32+/m0/s1. The Kier molecular flexibility index (Phi) is 13.7. The van der Waals surface area contributed by atoms with Gasteiger partial charge in [0, 0.05) is 12.8 Å². The van der Waals surface area contributed by atoms with Crippen LogP contribution in [-0.4, -0.2) is 53.0 Å². The van der Waals surface area contributed by atoms with Crippen LogP contribution < -0.4 is 16.0 Å². The SMILES string of the molecule is CCCCCC[C@H](C)[C@@H]1CC(=O)N[C@@H](Cc2ccc(O)cc2)C(=O)N[C@@H](Cc2ccccc2)C(=O)N[C@H]([C@@H](C)CC)C(=O)O1. The van der Waals surface area contributed by atoms with E-state index in [0.29, 0.717) is 6.42 Å². The van der Waals surface area contributed by atoms with E-state index in [4.69, 9.17) is 4.74 Å². The zero-order valence-electron chi connectivity index (χ0n) is 26.5. The van der Waals surface area contributed by atoms with E-state index in [0.717, 1.165) is 43.2 Å². The number of rotatable bonds is 12. The van der Waals surface area contributed by atoms with Crippen molar-refractivity contribution in [2.24, 2.45) is 11.8 Å². The highest BCUT2D eigenvalue weighted by Gasteiger charge is 2.36. The number of esters is 1. The van der Waals surface area contributed by atoms with E-state index in [-0.39, 0.29) is 36.8 Å². The molecule has 0 aromatic heterocycles. The predicted octanol–water partition coefficient (Wildman–Crippen LogP) is 4.60. The number of carbonyl (C=O) groups excluding carboxylic acids is 4. The van der Waals surface area contributed by atoms with E-state index < -0.39 is 47.9 Å². The molecule has 1 saturated heterocycles. The molecule has 3 amide bonds. The lowest BCUT2D eigenvalue weighted by molar-refractivity contribution is -0.158. The van der Waals surface area contributed by atoms with Crippen molar-refractivity contribution in [2.45, 2.75) is 110 Å². The van der Waals surface area contributed by atoms with Crippen LogP contribution in [0, 0.1) is 11.8 Å². The summed E-state index contributed by atoms with van der Waals surface area (Å²) < 4.78 is 6.04. The summed E-state index contributed by atoms with van der Waals surface area (Å²) in [4.78, 5) is 54.7. The van der Waals surface area contributed by atoms with Gasteiger partial charge >= 0.3 is 5.97 Å². The van der Waals surface area contributed by atoms with Crippen LogP contribution in [-0.2, 0) is 36.8 Å². The van der Waals surface area contributed by atoms with Gasteiger partial charge in [-0.15, -0.1) is 0 Å². The number of unbranched alkanes of at least 4 members (excludes halogenated alkanes) is 3. The zero-order chi connectivity index (χ0) is 32.1.